The van der Waals surface area contributed by atoms with Crippen LogP contribution in [0, 0.1) is 11.3 Å². The molecule has 1 aromatic carbocycles. The molecule has 1 fully saturated rings. The van der Waals surface area contributed by atoms with Gasteiger partial charge in [0.15, 0.2) is 5.69 Å². The monoisotopic (exact) mass is 374 g/mol. The number of alkyl halides is 2. The molecule has 0 bridgehead atoms. The van der Waals surface area contributed by atoms with E-state index in [1.807, 2.05) is 6.07 Å². The van der Waals surface area contributed by atoms with Crippen molar-refractivity contribution in [3.63, 3.8) is 0 Å². The summed E-state index contributed by atoms with van der Waals surface area (Å²) in [6.45, 7) is 3.41. The summed E-state index contributed by atoms with van der Waals surface area (Å²) in [6.07, 6.45) is 0.132. The Morgan fingerprint density at radius 1 is 1.44 bits per heavy atom. The molecule has 2 atom stereocenters. The second-order valence-corrected chi connectivity index (χ2v) is 5.98. The molecule has 7 nitrogen and oxygen atoms in total. The molecule has 1 aliphatic heterocycles. The van der Waals surface area contributed by atoms with Crippen molar-refractivity contribution in [2.45, 2.75) is 24.5 Å². The van der Waals surface area contributed by atoms with Crippen LogP contribution in [0.5, 0.6) is 5.88 Å². The Morgan fingerprint density at radius 2 is 2.22 bits per heavy atom. The van der Waals surface area contributed by atoms with Crippen LogP contribution in [-0.2, 0) is 15.5 Å². The highest BCUT2D eigenvalue weighted by molar-refractivity contribution is 5.77. The van der Waals surface area contributed by atoms with Gasteiger partial charge in [0.1, 0.15) is 12.1 Å². The van der Waals surface area contributed by atoms with Gasteiger partial charge >= 0.3 is 11.9 Å². The summed E-state index contributed by atoms with van der Waals surface area (Å²) in [5, 5.41) is 11.9. The van der Waals surface area contributed by atoms with Gasteiger partial charge in [-0.1, -0.05) is 6.58 Å². The highest BCUT2D eigenvalue weighted by atomic mass is 19.3. The Bertz CT molecular complexity index is 942. The first-order chi connectivity index (χ1) is 12.9. The maximum Gasteiger partial charge on any atom is 0.323 e. The van der Waals surface area contributed by atoms with E-state index in [4.69, 9.17) is 10.00 Å². The normalized spacial score (nSPS) is 19.5. The lowest BCUT2D eigenvalue weighted by molar-refractivity contribution is -0.142. The number of carbonyl (C=O) groups is 1. The molecule has 0 amide bonds. The number of aromatic nitrogens is 2. The molecule has 0 aliphatic carbocycles. The van der Waals surface area contributed by atoms with Crippen LogP contribution in [-0.4, -0.2) is 41.7 Å². The number of hydrogen-bond acceptors (Lipinski definition) is 7. The standard InChI is InChI=1S/C18H16F2N4O3/c1-3-18(19,20)15-16(27-11-7-14(22-9-11)17(25)26-2)24-13-6-10(8-21)4-5-12(13)23-15/h3-6,11,14,22H,1,7,9H2,2H3. The molecule has 1 saturated heterocycles. The van der Waals surface area contributed by atoms with E-state index < -0.39 is 29.7 Å². The quantitative estimate of drug-likeness (QED) is 0.632. The van der Waals surface area contributed by atoms with Crippen molar-refractivity contribution in [2.75, 3.05) is 13.7 Å². The van der Waals surface area contributed by atoms with Gasteiger partial charge in [0.25, 0.3) is 0 Å². The van der Waals surface area contributed by atoms with Crippen LogP contribution in [0.3, 0.4) is 0 Å². The lowest BCUT2D eigenvalue weighted by Gasteiger charge is -2.18. The van der Waals surface area contributed by atoms with Gasteiger partial charge in [-0.25, -0.2) is 9.97 Å². The van der Waals surface area contributed by atoms with E-state index in [-0.39, 0.29) is 29.9 Å². The minimum atomic E-state index is -3.46. The lowest BCUT2D eigenvalue weighted by atomic mass is 10.1. The summed E-state index contributed by atoms with van der Waals surface area (Å²) in [5.74, 6) is -4.28. The zero-order valence-electron chi connectivity index (χ0n) is 14.4. The predicted molar refractivity (Wildman–Crippen MR) is 91.2 cm³/mol. The SMILES string of the molecule is C=CC(F)(F)c1nc2ccc(C#N)cc2nc1OC1CNC(C(=O)OC)C1. The molecule has 2 aromatic rings. The van der Waals surface area contributed by atoms with Crippen molar-refractivity contribution in [3.8, 4) is 11.9 Å². The molecule has 27 heavy (non-hydrogen) atoms. The van der Waals surface area contributed by atoms with Crippen molar-refractivity contribution in [2.24, 2.45) is 0 Å². The van der Waals surface area contributed by atoms with E-state index in [0.717, 1.165) is 0 Å². The lowest BCUT2D eigenvalue weighted by Crippen LogP contribution is -2.31. The average Bonchev–Trinajstić information content (AvgIpc) is 3.14. The van der Waals surface area contributed by atoms with E-state index in [2.05, 4.69) is 26.6 Å². The fourth-order valence-electron chi connectivity index (χ4n) is 2.78. The Kier molecular flexibility index (Phi) is 5.01. The summed E-state index contributed by atoms with van der Waals surface area (Å²) >= 11 is 0. The number of esters is 1. The number of methoxy groups -OCH3 is 1. The number of halogens is 2. The number of nitrogens with one attached hydrogen (secondary N) is 1. The number of carbonyl (C=O) groups excluding carboxylic acids is 1. The van der Waals surface area contributed by atoms with Crippen molar-refractivity contribution in [1.29, 1.82) is 5.26 Å². The maximum atomic E-state index is 14.3. The predicted octanol–water partition coefficient (Wildman–Crippen LogP) is 2.06. The van der Waals surface area contributed by atoms with Crippen LogP contribution in [0.1, 0.15) is 17.7 Å². The molecule has 140 valence electrons. The smallest absolute Gasteiger partial charge is 0.323 e. The number of allylic oxidation sites excluding steroid dienone is 1. The first-order valence-electron chi connectivity index (χ1n) is 8.09. The summed E-state index contributed by atoms with van der Waals surface area (Å²) < 4.78 is 38.9. The minimum absolute atomic E-state index is 0.204. The molecule has 2 heterocycles. The van der Waals surface area contributed by atoms with Crippen LogP contribution in [0.25, 0.3) is 11.0 Å². The Morgan fingerprint density at radius 3 is 2.89 bits per heavy atom. The molecule has 1 N–H and O–H groups in total. The highest BCUT2D eigenvalue weighted by Gasteiger charge is 2.37. The largest absolute Gasteiger partial charge is 0.471 e. The Hall–Kier alpha value is -3.12. The van der Waals surface area contributed by atoms with Crippen molar-refractivity contribution >= 4 is 17.0 Å². The molecule has 9 heteroatoms. The summed E-state index contributed by atoms with van der Waals surface area (Å²) in [7, 11) is 1.27. The van der Waals surface area contributed by atoms with Crippen LogP contribution >= 0.6 is 0 Å². The van der Waals surface area contributed by atoms with Gasteiger partial charge in [-0.2, -0.15) is 14.0 Å². The number of rotatable bonds is 5. The number of benzene rings is 1. The van der Waals surface area contributed by atoms with Gasteiger partial charge in [0.05, 0.1) is 29.8 Å². The van der Waals surface area contributed by atoms with E-state index >= 15 is 0 Å². The van der Waals surface area contributed by atoms with Crippen LogP contribution in [0.2, 0.25) is 0 Å². The number of nitriles is 1. The molecule has 2 unspecified atom stereocenters. The van der Waals surface area contributed by atoms with Crippen molar-refractivity contribution in [1.82, 2.24) is 15.3 Å². The van der Waals surface area contributed by atoms with Crippen LogP contribution in [0.4, 0.5) is 8.78 Å². The molecule has 0 radical (unpaired) electrons. The summed E-state index contributed by atoms with van der Waals surface area (Å²) in [5.41, 5.74) is 0.105. The Balaban J connectivity index is 1.99. The topological polar surface area (TPSA) is 97.1 Å². The third-order valence-corrected chi connectivity index (χ3v) is 4.19. The van der Waals surface area contributed by atoms with Gasteiger partial charge in [-0.05, 0) is 24.3 Å². The zero-order chi connectivity index (χ0) is 19.6. The highest BCUT2D eigenvalue weighted by Crippen LogP contribution is 2.35. The second kappa shape index (κ2) is 7.25. The molecular formula is C18H16F2N4O3. The van der Waals surface area contributed by atoms with E-state index in [1.54, 1.807) is 0 Å². The van der Waals surface area contributed by atoms with Crippen LogP contribution in [0.15, 0.2) is 30.9 Å². The second-order valence-electron chi connectivity index (χ2n) is 5.98. The Labute approximate surface area is 153 Å². The fraction of sp³-hybridized carbons (Fsp3) is 0.333. The molecule has 3 rings (SSSR count). The molecular weight excluding hydrogens is 358 g/mol. The average molecular weight is 374 g/mol. The van der Waals surface area contributed by atoms with Gasteiger partial charge in [0, 0.05) is 13.0 Å². The van der Waals surface area contributed by atoms with Gasteiger partial charge in [-0.3, -0.25) is 4.79 Å². The third kappa shape index (κ3) is 3.71. The molecule has 0 saturated carbocycles. The molecule has 0 spiro atoms. The molecule has 1 aliphatic rings. The van der Waals surface area contributed by atoms with Crippen molar-refractivity contribution < 1.29 is 23.0 Å². The number of hydrogen-bond donors (Lipinski definition) is 1. The minimum Gasteiger partial charge on any atom is -0.471 e. The fourth-order valence-corrected chi connectivity index (χ4v) is 2.78. The van der Waals surface area contributed by atoms with E-state index in [0.29, 0.717) is 11.6 Å². The van der Waals surface area contributed by atoms with Gasteiger partial charge in [-0.15, -0.1) is 0 Å². The van der Waals surface area contributed by atoms with Crippen LogP contribution < -0.4 is 10.1 Å². The van der Waals surface area contributed by atoms with Gasteiger partial charge in [0.2, 0.25) is 5.88 Å². The number of nitrogens with zero attached hydrogens (tertiary/aromatic N) is 3. The van der Waals surface area contributed by atoms with Gasteiger partial charge < -0.3 is 14.8 Å². The summed E-state index contributed by atoms with van der Waals surface area (Å²) in [6, 6.07) is 5.73. The summed E-state index contributed by atoms with van der Waals surface area (Å²) in [4.78, 5) is 19.7. The number of fused-ring (bicyclic) bond motifs is 1. The zero-order valence-corrected chi connectivity index (χ0v) is 14.4. The number of ether oxygens (including phenoxy) is 2. The first-order valence-corrected chi connectivity index (χ1v) is 8.09. The third-order valence-electron chi connectivity index (χ3n) is 4.19. The van der Waals surface area contributed by atoms with E-state index in [9.17, 15) is 13.6 Å². The maximum absolute atomic E-state index is 14.3. The first kappa shape index (κ1) is 18.7. The van der Waals surface area contributed by atoms with E-state index in [1.165, 1.54) is 25.3 Å². The molecule has 1 aromatic heterocycles. The van der Waals surface area contributed by atoms with Crippen molar-refractivity contribution in [3.05, 3.63) is 42.1 Å².